The van der Waals surface area contributed by atoms with E-state index in [-0.39, 0.29) is 11.7 Å². The van der Waals surface area contributed by atoms with Gasteiger partial charge in [0.1, 0.15) is 5.82 Å². The van der Waals surface area contributed by atoms with Gasteiger partial charge in [-0.05, 0) is 18.1 Å². The van der Waals surface area contributed by atoms with Gasteiger partial charge >= 0.3 is 0 Å². The number of halogens is 1. The summed E-state index contributed by atoms with van der Waals surface area (Å²) >= 11 is 0. The first kappa shape index (κ1) is 18.6. The van der Waals surface area contributed by atoms with Crippen LogP contribution in [-0.2, 0) is 11.2 Å². The summed E-state index contributed by atoms with van der Waals surface area (Å²) in [4.78, 5) is 25.9. The number of anilines is 1. The number of benzene rings is 1. The zero-order valence-corrected chi connectivity index (χ0v) is 15.9. The lowest BCUT2D eigenvalue weighted by atomic mass is 9.74. The van der Waals surface area contributed by atoms with Crippen molar-refractivity contribution in [3.63, 3.8) is 0 Å². The van der Waals surface area contributed by atoms with Crippen LogP contribution in [0.5, 0.6) is 5.88 Å². The summed E-state index contributed by atoms with van der Waals surface area (Å²) in [5.41, 5.74) is 0.0392. The smallest absolute Gasteiger partial charge is 0.231 e. The van der Waals surface area contributed by atoms with E-state index in [9.17, 15) is 9.18 Å². The summed E-state index contributed by atoms with van der Waals surface area (Å²) in [6.07, 6.45) is 2.09. The van der Waals surface area contributed by atoms with E-state index in [1.54, 1.807) is 31.5 Å². The Hall–Kier alpha value is -2.74. The van der Waals surface area contributed by atoms with Crippen LogP contribution in [0.3, 0.4) is 0 Å². The van der Waals surface area contributed by atoms with Crippen molar-refractivity contribution in [1.29, 1.82) is 0 Å². The van der Waals surface area contributed by atoms with Gasteiger partial charge in [0.2, 0.25) is 17.7 Å². The van der Waals surface area contributed by atoms with Crippen LogP contribution < -0.4 is 15.0 Å². The second-order valence-corrected chi connectivity index (χ2v) is 7.33. The Labute approximate surface area is 163 Å². The van der Waals surface area contributed by atoms with Crippen LogP contribution in [0.1, 0.15) is 5.56 Å². The third-order valence-electron chi connectivity index (χ3n) is 5.54. The fourth-order valence-electron chi connectivity index (χ4n) is 3.83. The molecule has 2 aromatic rings. The molecule has 2 aliphatic rings. The summed E-state index contributed by atoms with van der Waals surface area (Å²) in [7, 11) is 1.57. The van der Waals surface area contributed by atoms with E-state index >= 15 is 0 Å². The van der Waals surface area contributed by atoms with Gasteiger partial charge in [-0.15, -0.1) is 0 Å². The van der Waals surface area contributed by atoms with Crippen molar-refractivity contribution in [2.45, 2.75) is 6.42 Å². The van der Waals surface area contributed by atoms with Crippen molar-refractivity contribution >= 4 is 11.9 Å². The molecule has 2 aliphatic heterocycles. The molecular weight excluding hydrogens is 361 g/mol. The van der Waals surface area contributed by atoms with Gasteiger partial charge in [-0.3, -0.25) is 4.79 Å². The highest BCUT2D eigenvalue weighted by molar-refractivity contribution is 5.85. The number of hydrogen-bond donors (Lipinski definition) is 1. The molecule has 0 aliphatic carbocycles. The number of aromatic nitrogens is 2. The van der Waals surface area contributed by atoms with Crippen molar-refractivity contribution in [2.75, 3.05) is 51.3 Å². The number of methoxy groups -OCH3 is 1. The molecule has 1 N–H and O–H groups in total. The van der Waals surface area contributed by atoms with Gasteiger partial charge in [-0.2, -0.15) is 4.98 Å². The molecule has 8 heteroatoms. The standard InChI is InChI=1S/C20H24FN5O2/c1-28-17-6-7-23-19(24-17)26-10-8-25(9-11-26)18(27)20(13-22-14-20)12-15-4-2-3-5-16(15)21/h2-7,22H,8-14H2,1H3. The van der Waals surface area contributed by atoms with Gasteiger partial charge in [-0.1, -0.05) is 18.2 Å². The highest BCUT2D eigenvalue weighted by atomic mass is 19.1. The van der Waals surface area contributed by atoms with Gasteiger partial charge in [0, 0.05) is 51.5 Å². The minimum atomic E-state index is -0.559. The van der Waals surface area contributed by atoms with Crippen LogP contribution in [-0.4, -0.2) is 67.2 Å². The summed E-state index contributed by atoms with van der Waals surface area (Å²) in [6.45, 7) is 3.67. The van der Waals surface area contributed by atoms with Crippen molar-refractivity contribution in [2.24, 2.45) is 5.41 Å². The third kappa shape index (κ3) is 3.52. The number of ether oxygens (including phenoxy) is 1. The van der Waals surface area contributed by atoms with E-state index in [4.69, 9.17) is 4.74 Å². The van der Waals surface area contributed by atoms with Gasteiger partial charge in [0.15, 0.2) is 0 Å². The predicted octanol–water partition coefficient (Wildman–Crippen LogP) is 1.11. The SMILES string of the molecule is COc1ccnc(N2CCN(C(=O)C3(Cc4ccccc4F)CNC3)CC2)n1. The number of nitrogens with zero attached hydrogens (tertiary/aromatic N) is 4. The minimum absolute atomic E-state index is 0.0979. The molecule has 1 aromatic carbocycles. The molecule has 2 fully saturated rings. The molecule has 0 bridgehead atoms. The molecule has 0 atom stereocenters. The van der Waals surface area contributed by atoms with Crippen molar-refractivity contribution in [3.05, 3.63) is 47.9 Å². The van der Waals surface area contributed by atoms with Crippen LogP contribution in [0, 0.1) is 11.2 Å². The molecule has 28 heavy (non-hydrogen) atoms. The second kappa shape index (κ2) is 7.71. The lowest BCUT2D eigenvalue weighted by Gasteiger charge is -2.46. The van der Waals surface area contributed by atoms with Gasteiger partial charge < -0.3 is 19.9 Å². The van der Waals surface area contributed by atoms with E-state index in [1.165, 1.54) is 6.07 Å². The average Bonchev–Trinajstić information content (AvgIpc) is 2.71. The van der Waals surface area contributed by atoms with E-state index in [0.717, 1.165) is 0 Å². The summed E-state index contributed by atoms with van der Waals surface area (Å²) in [5.74, 6) is 0.980. The Morgan fingerprint density at radius 2 is 1.96 bits per heavy atom. The molecule has 1 amide bonds. The Kier molecular flexibility index (Phi) is 5.13. The highest BCUT2D eigenvalue weighted by Crippen LogP contribution is 2.32. The first-order valence-corrected chi connectivity index (χ1v) is 9.47. The third-order valence-corrected chi connectivity index (χ3v) is 5.54. The van der Waals surface area contributed by atoms with Gasteiger partial charge in [0.25, 0.3) is 0 Å². The first-order chi connectivity index (χ1) is 13.6. The van der Waals surface area contributed by atoms with Crippen LogP contribution in [0.25, 0.3) is 0 Å². The van der Waals surface area contributed by atoms with E-state index in [2.05, 4.69) is 20.2 Å². The Balaban J connectivity index is 1.42. The molecule has 0 spiro atoms. The zero-order chi connectivity index (χ0) is 19.6. The fourth-order valence-corrected chi connectivity index (χ4v) is 3.83. The lowest BCUT2D eigenvalue weighted by molar-refractivity contribution is -0.145. The number of carbonyl (C=O) groups excluding carboxylic acids is 1. The van der Waals surface area contributed by atoms with E-state index in [1.807, 2.05) is 11.0 Å². The second-order valence-electron chi connectivity index (χ2n) is 7.33. The summed E-state index contributed by atoms with van der Waals surface area (Å²) < 4.78 is 19.3. The number of amides is 1. The van der Waals surface area contributed by atoms with Crippen LogP contribution in [0.4, 0.5) is 10.3 Å². The van der Waals surface area contributed by atoms with Gasteiger partial charge in [0.05, 0.1) is 12.5 Å². The monoisotopic (exact) mass is 385 g/mol. The zero-order valence-electron chi connectivity index (χ0n) is 15.9. The average molecular weight is 385 g/mol. The molecule has 7 nitrogen and oxygen atoms in total. The largest absolute Gasteiger partial charge is 0.481 e. The van der Waals surface area contributed by atoms with Gasteiger partial charge in [-0.25, -0.2) is 9.37 Å². The van der Waals surface area contributed by atoms with E-state index in [0.29, 0.717) is 63.1 Å². The number of nitrogens with one attached hydrogen (secondary N) is 1. The lowest BCUT2D eigenvalue weighted by Crippen LogP contribution is -2.65. The predicted molar refractivity (Wildman–Crippen MR) is 103 cm³/mol. The Morgan fingerprint density at radius 1 is 1.21 bits per heavy atom. The number of hydrogen-bond acceptors (Lipinski definition) is 6. The Morgan fingerprint density at radius 3 is 2.61 bits per heavy atom. The molecule has 148 valence electrons. The van der Waals surface area contributed by atoms with Crippen LogP contribution in [0.2, 0.25) is 0 Å². The van der Waals surface area contributed by atoms with E-state index < -0.39 is 5.41 Å². The number of rotatable bonds is 5. The summed E-state index contributed by atoms with van der Waals surface area (Å²) in [5, 5.41) is 3.19. The molecule has 0 unspecified atom stereocenters. The topological polar surface area (TPSA) is 70.6 Å². The number of piperazine rings is 1. The maximum atomic E-state index is 14.1. The molecular formula is C20H24FN5O2. The fraction of sp³-hybridized carbons (Fsp3) is 0.450. The normalized spacial score (nSPS) is 18.5. The summed E-state index contributed by atoms with van der Waals surface area (Å²) in [6, 6.07) is 8.41. The van der Waals surface area contributed by atoms with Crippen molar-refractivity contribution in [3.8, 4) is 5.88 Å². The van der Waals surface area contributed by atoms with Crippen LogP contribution in [0.15, 0.2) is 36.5 Å². The maximum Gasteiger partial charge on any atom is 0.231 e. The maximum absolute atomic E-state index is 14.1. The highest BCUT2D eigenvalue weighted by Gasteiger charge is 2.47. The Bertz CT molecular complexity index is 850. The molecule has 0 radical (unpaired) electrons. The molecule has 0 saturated carbocycles. The minimum Gasteiger partial charge on any atom is -0.481 e. The van der Waals surface area contributed by atoms with Crippen molar-refractivity contribution in [1.82, 2.24) is 20.2 Å². The molecule has 1 aromatic heterocycles. The number of carbonyl (C=O) groups is 1. The quantitative estimate of drug-likeness (QED) is 0.831. The van der Waals surface area contributed by atoms with Crippen molar-refractivity contribution < 1.29 is 13.9 Å². The molecule has 3 heterocycles. The first-order valence-electron chi connectivity index (χ1n) is 9.47. The van der Waals surface area contributed by atoms with Crippen LogP contribution >= 0.6 is 0 Å². The molecule has 2 saturated heterocycles. The molecule has 4 rings (SSSR count).